The Kier molecular flexibility index (Phi) is 6.00. The van der Waals surface area contributed by atoms with Crippen LogP contribution in [0.15, 0.2) is 29.2 Å². The zero-order chi connectivity index (χ0) is 18.6. The van der Waals surface area contributed by atoms with Gasteiger partial charge in [-0.05, 0) is 25.0 Å². The van der Waals surface area contributed by atoms with E-state index in [1.165, 1.54) is 0 Å². The Morgan fingerprint density at radius 2 is 1.70 bits per heavy atom. The van der Waals surface area contributed by atoms with Gasteiger partial charge in [-0.3, -0.25) is 9.59 Å². The molecule has 3 heterocycles. The quantitative estimate of drug-likeness (QED) is 0.791. The maximum Gasteiger partial charge on any atom is 0.227 e. The van der Waals surface area contributed by atoms with Crippen molar-refractivity contribution in [2.45, 2.75) is 36.9 Å². The Bertz CT molecular complexity index is 684. The van der Waals surface area contributed by atoms with Gasteiger partial charge in [-0.1, -0.05) is 12.1 Å². The fourth-order valence-electron chi connectivity index (χ4n) is 4.01. The molecule has 0 spiro atoms. The van der Waals surface area contributed by atoms with Crippen LogP contribution in [-0.2, 0) is 19.1 Å². The number of carbonyl (C=O) groups excluding carboxylic acids is 2. The highest BCUT2D eigenvalue weighted by Gasteiger charge is 2.32. The normalized spacial score (nSPS) is 21.3. The molecule has 7 heteroatoms. The molecule has 0 aliphatic carbocycles. The zero-order valence-electron chi connectivity index (χ0n) is 15.5. The number of fused-ring (bicyclic) bond motifs is 1. The first-order valence-electron chi connectivity index (χ1n) is 9.75. The van der Waals surface area contributed by atoms with Crippen LogP contribution in [0.4, 0.5) is 5.69 Å². The maximum atomic E-state index is 12.7. The number of hydrogen-bond donors (Lipinski definition) is 0. The molecule has 4 rings (SSSR count). The highest BCUT2D eigenvalue weighted by molar-refractivity contribution is 7.99. The van der Waals surface area contributed by atoms with Crippen molar-refractivity contribution in [3.8, 4) is 0 Å². The number of likely N-dealkylation sites (tertiary alicyclic amines) is 1. The van der Waals surface area contributed by atoms with Gasteiger partial charge < -0.3 is 19.3 Å². The van der Waals surface area contributed by atoms with Crippen molar-refractivity contribution in [1.29, 1.82) is 0 Å². The molecule has 6 nitrogen and oxygen atoms in total. The number of thioether (sulfide) groups is 1. The molecular formula is C20H26N2O4S. The number of piperidine rings is 1. The molecule has 146 valence electrons. The van der Waals surface area contributed by atoms with Gasteiger partial charge in [0.15, 0.2) is 6.29 Å². The molecule has 3 aliphatic heterocycles. The summed E-state index contributed by atoms with van der Waals surface area (Å²) in [5, 5.41) is 0. The molecule has 3 aliphatic rings. The minimum absolute atomic E-state index is 0.0405. The second-order valence-electron chi connectivity index (χ2n) is 7.19. The van der Waals surface area contributed by atoms with E-state index in [2.05, 4.69) is 0 Å². The lowest BCUT2D eigenvalue weighted by Gasteiger charge is -2.34. The van der Waals surface area contributed by atoms with Gasteiger partial charge in [0.2, 0.25) is 11.8 Å². The number of amides is 2. The zero-order valence-corrected chi connectivity index (χ0v) is 16.3. The van der Waals surface area contributed by atoms with Gasteiger partial charge in [0, 0.05) is 49.0 Å². The fourth-order valence-corrected chi connectivity index (χ4v) is 5.00. The van der Waals surface area contributed by atoms with Crippen LogP contribution < -0.4 is 4.90 Å². The molecule has 0 bridgehead atoms. The number of rotatable bonds is 4. The predicted molar refractivity (Wildman–Crippen MR) is 104 cm³/mol. The van der Waals surface area contributed by atoms with Crippen LogP contribution in [0.5, 0.6) is 0 Å². The molecule has 2 amide bonds. The van der Waals surface area contributed by atoms with Crippen LogP contribution in [0.1, 0.15) is 25.7 Å². The Hall–Kier alpha value is -1.57. The summed E-state index contributed by atoms with van der Waals surface area (Å²) in [6.45, 7) is 3.50. The average Bonchev–Trinajstić information content (AvgIpc) is 3.26. The first-order valence-corrected chi connectivity index (χ1v) is 10.7. The predicted octanol–water partition coefficient (Wildman–Crippen LogP) is 2.52. The first-order chi connectivity index (χ1) is 13.2. The Balaban J connectivity index is 1.26. The van der Waals surface area contributed by atoms with Crippen LogP contribution in [-0.4, -0.2) is 61.6 Å². The molecule has 1 aromatic rings. The van der Waals surface area contributed by atoms with E-state index in [0.717, 1.165) is 42.3 Å². The van der Waals surface area contributed by atoms with Gasteiger partial charge in [-0.15, -0.1) is 11.8 Å². The summed E-state index contributed by atoms with van der Waals surface area (Å²) in [7, 11) is 0. The van der Waals surface area contributed by atoms with E-state index >= 15 is 0 Å². The molecule has 1 aromatic carbocycles. The second kappa shape index (κ2) is 8.63. The number of carbonyl (C=O) groups is 2. The molecule has 0 aromatic heterocycles. The largest absolute Gasteiger partial charge is 0.350 e. The van der Waals surface area contributed by atoms with Gasteiger partial charge >= 0.3 is 0 Å². The van der Waals surface area contributed by atoms with E-state index in [9.17, 15) is 9.59 Å². The van der Waals surface area contributed by atoms with Crippen molar-refractivity contribution < 1.29 is 19.1 Å². The van der Waals surface area contributed by atoms with E-state index in [-0.39, 0.29) is 30.9 Å². The molecule has 27 heavy (non-hydrogen) atoms. The lowest BCUT2D eigenvalue weighted by Crippen LogP contribution is -2.42. The van der Waals surface area contributed by atoms with Crippen LogP contribution >= 0.6 is 11.8 Å². The summed E-state index contributed by atoms with van der Waals surface area (Å²) in [6.07, 6.45) is 2.27. The third-order valence-corrected chi connectivity index (χ3v) is 6.55. The smallest absolute Gasteiger partial charge is 0.227 e. The maximum absolute atomic E-state index is 12.7. The summed E-state index contributed by atoms with van der Waals surface area (Å²) < 4.78 is 11.2. The summed E-state index contributed by atoms with van der Waals surface area (Å²) in [4.78, 5) is 30.1. The Morgan fingerprint density at radius 1 is 1.00 bits per heavy atom. The topological polar surface area (TPSA) is 59.1 Å². The average molecular weight is 391 g/mol. The van der Waals surface area contributed by atoms with Gasteiger partial charge in [0.05, 0.1) is 18.9 Å². The number of nitrogens with zero attached hydrogens (tertiary/aromatic N) is 2. The molecule has 2 saturated heterocycles. The molecule has 0 radical (unpaired) electrons. The first kappa shape index (κ1) is 18.8. The van der Waals surface area contributed by atoms with Crippen molar-refractivity contribution in [3.05, 3.63) is 24.3 Å². The lowest BCUT2D eigenvalue weighted by atomic mass is 9.96. The molecular weight excluding hydrogens is 364 g/mol. The van der Waals surface area contributed by atoms with Crippen molar-refractivity contribution in [2.75, 3.05) is 43.5 Å². The van der Waals surface area contributed by atoms with Crippen molar-refractivity contribution in [3.63, 3.8) is 0 Å². The fraction of sp³-hybridized carbons (Fsp3) is 0.600. The van der Waals surface area contributed by atoms with E-state index in [0.29, 0.717) is 25.7 Å². The van der Waals surface area contributed by atoms with Gasteiger partial charge in [-0.25, -0.2) is 0 Å². The van der Waals surface area contributed by atoms with Crippen LogP contribution in [0.25, 0.3) is 0 Å². The Morgan fingerprint density at radius 3 is 2.48 bits per heavy atom. The van der Waals surface area contributed by atoms with E-state index in [1.54, 1.807) is 11.8 Å². The van der Waals surface area contributed by atoms with Gasteiger partial charge in [0.25, 0.3) is 0 Å². The minimum Gasteiger partial charge on any atom is -0.350 e. The second-order valence-corrected chi connectivity index (χ2v) is 8.33. The molecule has 0 saturated carbocycles. The summed E-state index contributed by atoms with van der Waals surface area (Å²) in [5.41, 5.74) is 0.976. The van der Waals surface area contributed by atoms with Crippen molar-refractivity contribution >= 4 is 29.3 Å². The molecule has 2 fully saturated rings. The molecule has 0 unspecified atom stereocenters. The molecule has 0 atom stereocenters. The third-order valence-electron chi connectivity index (χ3n) is 5.51. The van der Waals surface area contributed by atoms with E-state index in [4.69, 9.17) is 9.47 Å². The number of anilines is 1. The standard InChI is InChI=1S/C20H26N2O4S/c23-18(21-9-7-15(8-10-21)20-25-12-13-26-20)5-6-19(24)22-11-14-27-17-4-2-1-3-16(17)22/h1-4,15,20H,5-14H2. The summed E-state index contributed by atoms with van der Waals surface area (Å²) >= 11 is 1.78. The summed E-state index contributed by atoms with van der Waals surface area (Å²) in [5.74, 6) is 1.39. The van der Waals surface area contributed by atoms with Crippen molar-refractivity contribution in [2.24, 2.45) is 5.92 Å². The molecule has 0 N–H and O–H groups in total. The summed E-state index contributed by atoms with van der Waals surface area (Å²) in [6, 6.07) is 7.98. The monoisotopic (exact) mass is 390 g/mol. The third kappa shape index (κ3) is 4.31. The SMILES string of the molecule is O=C(CCC(=O)N1CCSc2ccccc21)N1CCC(C2OCCO2)CC1. The number of benzene rings is 1. The highest BCUT2D eigenvalue weighted by Crippen LogP contribution is 2.34. The number of hydrogen-bond acceptors (Lipinski definition) is 5. The van der Waals surface area contributed by atoms with Crippen LogP contribution in [0.3, 0.4) is 0 Å². The van der Waals surface area contributed by atoms with Crippen LogP contribution in [0.2, 0.25) is 0 Å². The van der Waals surface area contributed by atoms with E-state index < -0.39 is 0 Å². The minimum atomic E-state index is -0.0964. The van der Waals surface area contributed by atoms with Gasteiger partial charge in [-0.2, -0.15) is 0 Å². The number of ether oxygens (including phenoxy) is 2. The number of para-hydroxylation sites is 1. The van der Waals surface area contributed by atoms with E-state index in [1.807, 2.05) is 34.1 Å². The van der Waals surface area contributed by atoms with Crippen molar-refractivity contribution in [1.82, 2.24) is 4.90 Å². The van der Waals surface area contributed by atoms with Gasteiger partial charge in [0.1, 0.15) is 0 Å². The Labute approximate surface area is 164 Å². The highest BCUT2D eigenvalue weighted by atomic mass is 32.2. The van der Waals surface area contributed by atoms with Crippen LogP contribution in [0, 0.1) is 5.92 Å². The lowest BCUT2D eigenvalue weighted by molar-refractivity contribution is -0.138.